The first-order valence-corrected chi connectivity index (χ1v) is 11.8. The van der Waals surface area contributed by atoms with Crippen LogP contribution in [-0.4, -0.2) is 69.6 Å². The van der Waals surface area contributed by atoms with Gasteiger partial charge in [0, 0.05) is 50.9 Å². The van der Waals surface area contributed by atoms with Crippen molar-refractivity contribution < 1.29 is 4.79 Å². The van der Waals surface area contributed by atoms with E-state index in [1.807, 2.05) is 35.1 Å². The van der Waals surface area contributed by atoms with Gasteiger partial charge in [-0.3, -0.25) is 9.69 Å². The number of hydrogen-bond donors (Lipinski definition) is 1. The van der Waals surface area contributed by atoms with Gasteiger partial charge in [-0.2, -0.15) is 0 Å². The first-order valence-electron chi connectivity index (χ1n) is 11.8. The molecule has 1 aliphatic carbocycles. The molecule has 1 amide bonds. The lowest BCUT2D eigenvalue weighted by molar-refractivity contribution is 0.0922. The third kappa shape index (κ3) is 4.90. The van der Waals surface area contributed by atoms with Gasteiger partial charge < -0.3 is 10.2 Å². The Bertz CT molecular complexity index is 1080. The van der Waals surface area contributed by atoms with Crippen LogP contribution in [0.25, 0.3) is 5.69 Å². The molecule has 1 aliphatic heterocycles. The molecule has 1 saturated heterocycles. The van der Waals surface area contributed by atoms with E-state index in [0.717, 1.165) is 62.8 Å². The van der Waals surface area contributed by atoms with E-state index in [1.165, 1.54) is 5.56 Å². The van der Waals surface area contributed by atoms with E-state index in [1.54, 1.807) is 0 Å². The zero-order valence-electron chi connectivity index (χ0n) is 19.3. The van der Waals surface area contributed by atoms with Gasteiger partial charge >= 0.3 is 0 Å². The van der Waals surface area contributed by atoms with Gasteiger partial charge in [0.1, 0.15) is 5.82 Å². The normalized spacial score (nSPS) is 17.7. The molecule has 33 heavy (non-hydrogen) atoms. The van der Waals surface area contributed by atoms with Crippen molar-refractivity contribution >= 4 is 11.7 Å². The lowest BCUT2D eigenvalue weighted by Crippen LogP contribution is -2.51. The van der Waals surface area contributed by atoms with E-state index in [9.17, 15) is 4.79 Å². The third-order valence-electron chi connectivity index (χ3n) is 6.42. The molecule has 5 rings (SSSR count). The summed E-state index contributed by atoms with van der Waals surface area (Å²) in [5, 5.41) is 11.8. The van der Waals surface area contributed by atoms with Gasteiger partial charge in [-0.25, -0.2) is 9.67 Å². The summed E-state index contributed by atoms with van der Waals surface area (Å²) in [4.78, 5) is 22.3. The largest absolute Gasteiger partial charge is 0.354 e. The SMILES string of the molecule is Cc1ccc(-n2nnc(C(=O)NC(C)CN3CCN(c4ccccn4)CC3)c2C2CC2)cc1. The third-order valence-corrected chi connectivity index (χ3v) is 6.42. The predicted molar refractivity (Wildman–Crippen MR) is 128 cm³/mol. The van der Waals surface area contributed by atoms with Crippen LogP contribution >= 0.6 is 0 Å². The average Bonchev–Trinajstić information content (AvgIpc) is 3.58. The van der Waals surface area contributed by atoms with Crippen molar-refractivity contribution in [3.63, 3.8) is 0 Å². The number of aromatic nitrogens is 4. The quantitative estimate of drug-likeness (QED) is 0.603. The second kappa shape index (κ2) is 9.31. The van der Waals surface area contributed by atoms with E-state index < -0.39 is 0 Å². The molecular weight excluding hydrogens is 414 g/mol. The fourth-order valence-corrected chi connectivity index (χ4v) is 4.48. The van der Waals surface area contributed by atoms with Crippen LogP contribution in [0.5, 0.6) is 0 Å². The summed E-state index contributed by atoms with van der Waals surface area (Å²) in [7, 11) is 0. The molecule has 172 valence electrons. The standard InChI is InChI=1S/C25H31N7O/c1-18-6-10-21(11-7-18)32-24(20-8-9-20)23(28-29-32)25(33)27-19(2)17-30-13-15-31(16-14-30)22-5-3-4-12-26-22/h3-7,10-12,19-20H,8-9,13-17H2,1-2H3,(H,27,33). The zero-order chi connectivity index (χ0) is 22.8. The minimum atomic E-state index is -0.130. The summed E-state index contributed by atoms with van der Waals surface area (Å²) in [6.45, 7) is 8.71. The molecule has 1 atom stereocenters. The maximum Gasteiger partial charge on any atom is 0.274 e. The van der Waals surface area contributed by atoms with Gasteiger partial charge in [-0.05, 0) is 51.0 Å². The summed E-state index contributed by atoms with van der Waals surface area (Å²) in [5.74, 6) is 1.26. The number of nitrogens with zero attached hydrogens (tertiary/aromatic N) is 6. The van der Waals surface area contributed by atoms with Crippen LogP contribution in [-0.2, 0) is 0 Å². The van der Waals surface area contributed by atoms with E-state index in [2.05, 4.69) is 62.5 Å². The van der Waals surface area contributed by atoms with Crippen LogP contribution in [0.3, 0.4) is 0 Å². The number of nitrogens with one attached hydrogen (secondary N) is 1. The van der Waals surface area contributed by atoms with Crippen molar-refractivity contribution in [2.45, 2.75) is 38.6 Å². The topological polar surface area (TPSA) is 79.2 Å². The van der Waals surface area contributed by atoms with Crippen LogP contribution in [0.15, 0.2) is 48.7 Å². The summed E-state index contributed by atoms with van der Waals surface area (Å²) < 4.78 is 1.84. The number of aryl methyl sites for hydroxylation is 1. The summed E-state index contributed by atoms with van der Waals surface area (Å²) in [6.07, 6.45) is 4.00. The molecule has 0 spiro atoms. The van der Waals surface area contributed by atoms with Crippen molar-refractivity contribution in [3.8, 4) is 5.69 Å². The Kier molecular flexibility index (Phi) is 6.09. The summed E-state index contributed by atoms with van der Waals surface area (Å²) in [6, 6.07) is 14.2. The zero-order valence-corrected chi connectivity index (χ0v) is 19.3. The number of carbonyl (C=O) groups is 1. The average molecular weight is 446 g/mol. The highest BCUT2D eigenvalue weighted by Crippen LogP contribution is 2.42. The van der Waals surface area contributed by atoms with E-state index in [0.29, 0.717) is 11.6 Å². The predicted octanol–water partition coefficient (Wildman–Crippen LogP) is 2.79. The molecule has 3 heterocycles. The number of benzene rings is 1. The fraction of sp³-hybridized carbons (Fsp3) is 0.440. The summed E-state index contributed by atoms with van der Waals surface area (Å²) in [5.41, 5.74) is 3.55. The van der Waals surface area contributed by atoms with Gasteiger partial charge in [-0.15, -0.1) is 5.10 Å². The monoisotopic (exact) mass is 445 g/mol. The Morgan fingerprint density at radius 1 is 1.09 bits per heavy atom. The highest BCUT2D eigenvalue weighted by atomic mass is 16.2. The van der Waals surface area contributed by atoms with Crippen LogP contribution in [0, 0.1) is 6.92 Å². The number of anilines is 1. The highest BCUT2D eigenvalue weighted by molar-refractivity contribution is 5.93. The first-order chi connectivity index (χ1) is 16.1. The molecule has 1 aromatic carbocycles. The summed E-state index contributed by atoms with van der Waals surface area (Å²) >= 11 is 0. The Labute approximate surface area is 194 Å². The Balaban J connectivity index is 1.20. The van der Waals surface area contributed by atoms with Gasteiger partial charge in [-0.1, -0.05) is 29.0 Å². The number of amides is 1. The molecule has 8 nitrogen and oxygen atoms in total. The van der Waals surface area contributed by atoms with Gasteiger partial charge in [0.2, 0.25) is 0 Å². The minimum Gasteiger partial charge on any atom is -0.354 e. The van der Waals surface area contributed by atoms with Crippen LogP contribution < -0.4 is 10.2 Å². The number of hydrogen-bond acceptors (Lipinski definition) is 6. The van der Waals surface area contributed by atoms with Crippen molar-refractivity contribution in [3.05, 3.63) is 65.6 Å². The molecule has 2 fully saturated rings. The maximum absolute atomic E-state index is 13.1. The minimum absolute atomic E-state index is 0.0236. The number of rotatable bonds is 7. The number of piperazine rings is 1. The van der Waals surface area contributed by atoms with Crippen LogP contribution in [0.1, 0.15) is 47.4 Å². The van der Waals surface area contributed by atoms with Crippen molar-refractivity contribution in [2.75, 3.05) is 37.6 Å². The molecular formula is C25H31N7O. The van der Waals surface area contributed by atoms with Gasteiger partial charge in [0.25, 0.3) is 5.91 Å². The lowest BCUT2D eigenvalue weighted by atomic mass is 10.1. The fourth-order valence-electron chi connectivity index (χ4n) is 4.48. The van der Waals surface area contributed by atoms with Crippen molar-refractivity contribution in [1.82, 2.24) is 30.2 Å². The van der Waals surface area contributed by atoms with E-state index in [-0.39, 0.29) is 11.9 Å². The van der Waals surface area contributed by atoms with E-state index >= 15 is 0 Å². The van der Waals surface area contributed by atoms with Gasteiger partial charge in [0.15, 0.2) is 5.69 Å². The second-order valence-corrected chi connectivity index (χ2v) is 9.20. The molecule has 1 unspecified atom stereocenters. The molecule has 8 heteroatoms. The molecule has 1 N–H and O–H groups in total. The first kappa shape index (κ1) is 21.6. The molecule has 0 bridgehead atoms. The van der Waals surface area contributed by atoms with E-state index in [4.69, 9.17) is 0 Å². The second-order valence-electron chi connectivity index (χ2n) is 9.20. The van der Waals surface area contributed by atoms with Gasteiger partial charge in [0.05, 0.1) is 11.4 Å². The molecule has 0 radical (unpaired) electrons. The number of carbonyl (C=O) groups excluding carboxylic acids is 1. The van der Waals surface area contributed by atoms with Crippen LogP contribution in [0.2, 0.25) is 0 Å². The Morgan fingerprint density at radius 2 is 1.85 bits per heavy atom. The lowest BCUT2D eigenvalue weighted by Gasteiger charge is -2.36. The molecule has 1 saturated carbocycles. The van der Waals surface area contributed by atoms with Crippen molar-refractivity contribution in [1.29, 1.82) is 0 Å². The van der Waals surface area contributed by atoms with Crippen LogP contribution in [0.4, 0.5) is 5.82 Å². The molecule has 2 aliphatic rings. The Hall–Kier alpha value is -3.26. The smallest absolute Gasteiger partial charge is 0.274 e. The maximum atomic E-state index is 13.1. The molecule has 2 aromatic heterocycles. The van der Waals surface area contributed by atoms with Crippen molar-refractivity contribution in [2.24, 2.45) is 0 Å². The number of pyridine rings is 1. The Morgan fingerprint density at radius 3 is 2.52 bits per heavy atom. The highest BCUT2D eigenvalue weighted by Gasteiger charge is 2.34. The molecule has 3 aromatic rings.